The maximum Gasteiger partial charge on any atom is -0.0132 e. The summed E-state index contributed by atoms with van der Waals surface area (Å²) in [4.78, 5) is 0. The lowest BCUT2D eigenvalue weighted by molar-refractivity contribution is 0.589. The summed E-state index contributed by atoms with van der Waals surface area (Å²) < 4.78 is 0. The molecule has 20 heavy (non-hydrogen) atoms. The van der Waals surface area contributed by atoms with Crippen molar-refractivity contribution >= 4 is 12.2 Å². The standard InChI is InChI=1S/C20H24/c1-15-13-18(20(3,4)5)14-16(2)19(15)12-11-17-9-7-6-8-10-17/h6-14H,1-5H3/b12-11+. The minimum Gasteiger partial charge on any atom is -0.0622 e. The fourth-order valence-corrected chi connectivity index (χ4v) is 2.41. The maximum atomic E-state index is 2.32. The molecule has 0 saturated carbocycles. The normalized spacial score (nSPS) is 12.1. The first kappa shape index (κ1) is 14.6. The van der Waals surface area contributed by atoms with Gasteiger partial charge in [-0.3, -0.25) is 0 Å². The van der Waals surface area contributed by atoms with Crippen molar-refractivity contribution in [1.82, 2.24) is 0 Å². The Hall–Kier alpha value is -1.82. The van der Waals surface area contributed by atoms with Crippen LogP contribution in [0.4, 0.5) is 0 Å². The molecule has 0 spiro atoms. The molecule has 0 saturated heterocycles. The van der Waals surface area contributed by atoms with Crippen LogP contribution in [0.1, 0.15) is 48.6 Å². The molecular formula is C20H24. The summed E-state index contributed by atoms with van der Waals surface area (Å²) in [5.74, 6) is 0. The van der Waals surface area contributed by atoms with Crippen molar-refractivity contribution in [2.75, 3.05) is 0 Å². The zero-order valence-corrected chi connectivity index (χ0v) is 13.2. The summed E-state index contributed by atoms with van der Waals surface area (Å²) in [6, 6.07) is 15.1. The van der Waals surface area contributed by atoms with Crippen LogP contribution in [0, 0.1) is 13.8 Å². The van der Waals surface area contributed by atoms with Crippen molar-refractivity contribution in [1.29, 1.82) is 0 Å². The van der Waals surface area contributed by atoms with Gasteiger partial charge < -0.3 is 0 Å². The van der Waals surface area contributed by atoms with E-state index in [1.54, 1.807) is 0 Å². The maximum absolute atomic E-state index is 2.32. The summed E-state index contributed by atoms with van der Waals surface area (Å²) in [6.45, 7) is 11.2. The smallest absolute Gasteiger partial charge is 0.0132 e. The topological polar surface area (TPSA) is 0 Å². The van der Waals surface area contributed by atoms with Gasteiger partial charge in [0.05, 0.1) is 0 Å². The van der Waals surface area contributed by atoms with Crippen LogP contribution >= 0.6 is 0 Å². The van der Waals surface area contributed by atoms with Crippen molar-refractivity contribution in [2.24, 2.45) is 0 Å². The molecule has 0 aliphatic rings. The van der Waals surface area contributed by atoms with Crippen LogP contribution in [0.25, 0.3) is 12.2 Å². The number of hydrogen-bond acceptors (Lipinski definition) is 0. The Labute approximate surface area is 123 Å². The molecule has 2 aromatic rings. The second-order valence-electron chi connectivity index (χ2n) is 6.52. The van der Waals surface area contributed by atoms with Crippen molar-refractivity contribution in [3.8, 4) is 0 Å². The Morgan fingerprint density at radius 1 is 0.800 bits per heavy atom. The molecule has 0 aromatic heterocycles. The summed E-state index contributed by atoms with van der Waals surface area (Å²) in [5.41, 5.74) is 6.89. The van der Waals surface area contributed by atoms with E-state index < -0.39 is 0 Å². The van der Waals surface area contributed by atoms with Gasteiger partial charge in [-0.05, 0) is 47.1 Å². The molecule has 2 aromatic carbocycles. The monoisotopic (exact) mass is 264 g/mol. The number of benzene rings is 2. The predicted octanol–water partition coefficient (Wildman–Crippen LogP) is 5.77. The van der Waals surface area contributed by atoms with E-state index in [0.29, 0.717) is 0 Å². The molecule has 0 heteroatoms. The van der Waals surface area contributed by atoms with Gasteiger partial charge in [-0.2, -0.15) is 0 Å². The number of hydrogen-bond donors (Lipinski definition) is 0. The quantitative estimate of drug-likeness (QED) is 0.604. The van der Waals surface area contributed by atoms with E-state index in [1.807, 2.05) is 6.07 Å². The van der Waals surface area contributed by atoms with Crippen LogP contribution in [0.5, 0.6) is 0 Å². The Morgan fingerprint density at radius 3 is 1.85 bits per heavy atom. The second kappa shape index (κ2) is 5.66. The fourth-order valence-electron chi connectivity index (χ4n) is 2.41. The number of aryl methyl sites for hydroxylation is 2. The molecule has 0 amide bonds. The van der Waals surface area contributed by atoms with Crippen molar-refractivity contribution in [2.45, 2.75) is 40.0 Å². The van der Waals surface area contributed by atoms with Crippen LogP contribution in [0.2, 0.25) is 0 Å². The molecule has 0 aliphatic heterocycles. The number of rotatable bonds is 2. The minimum atomic E-state index is 0.206. The van der Waals surface area contributed by atoms with Gasteiger partial charge in [-0.15, -0.1) is 0 Å². The highest BCUT2D eigenvalue weighted by atomic mass is 14.2. The first-order valence-electron chi connectivity index (χ1n) is 7.23. The van der Waals surface area contributed by atoms with Gasteiger partial charge in [0.25, 0.3) is 0 Å². The summed E-state index contributed by atoms with van der Waals surface area (Å²) in [5, 5.41) is 0. The van der Waals surface area contributed by atoms with Crippen LogP contribution in [0.3, 0.4) is 0 Å². The first-order chi connectivity index (χ1) is 9.38. The van der Waals surface area contributed by atoms with Crippen LogP contribution in [-0.2, 0) is 5.41 Å². The molecule has 0 N–H and O–H groups in total. The van der Waals surface area contributed by atoms with E-state index in [9.17, 15) is 0 Å². The Bertz CT molecular complexity index is 587. The lowest BCUT2D eigenvalue weighted by atomic mass is 9.83. The zero-order chi connectivity index (χ0) is 14.8. The lowest BCUT2D eigenvalue weighted by Gasteiger charge is -2.21. The molecule has 0 heterocycles. The van der Waals surface area contributed by atoms with Gasteiger partial charge in [0, 0.05) is 0 Å². The third-order valence-electron chi connectivity index (χ3n) is 3.70. The Morgan fingerprint density at radius 2 is 1.35 bits per heavy atom. The van der Waals surface area contributed by atoms with Gasteiger partial charge in [0.1, 0.15) is 0 Å². The van der Waals surface area contributed by atoms with Gasteiger partial charge in [0.15, 0.2) is 0 Å². The summed E-state index contributed by atoms with van der Waals surface area (Å²) in [7, 11) is 0. The SMILES string of the molecule is Cc1cc(C(C)(C)C)cc(C)c1/C=C/c1ccccc1. The van der Waals surface area contributed by atoms with Gasteiger partial charge >= 0.3 is 0 Å². The Kier molecular flexibility index (Phi) is 4.13. The van der Waals surface area contributed by atoms with Gasteiger partial charge in [-0.1, -0.05) is 75.4 Å². The Balaban J connectivity index is 2.37. The molecule has 0 unspecified atom stereocenters. The highest BCUT2D eigenvalue weighted by molar-refractivity contribution is 5.73. The third kappa shape index (κ3) is 3.39. The van der Waals surface area contributed by atoms with Crippen molar-refractivity contribution < 1.29 is 0 Å². The molecule has 0 fully saturated rings. The molecule has 0 nitrogen and oxygen atoms in total. The van der Waals surface area contributed by atoms with E-state index in [0.717, 1.165) is 0 Å². The van der Waals surface area contributed by atoms with E-state index in [2.05, 4.69) is 83.2 Å². The molecule has 0 atom stereocenters. The van der Waals surface area contributed by atoms with Crippen LogP contribution in [0.15, 0.2) is 42.5 Å². The molecule has 104 valence electrons. The predicted molar refractivity (Wildman–Crippen MR) is 90.0 cm³/mol. The molecule has 0 bridgehead atoms. The zero-order valence-electron chi connectivity index (χ0n) is 13.2. The average molecular weight is 264 g/mol. The second-order valence-corrected chi connectivity index (χ2v) is 6.52. The summed E-state index contributed by atoms with van der Waals surface area (Å²) >= 11 is 0. The van der Waals surface area contributed by atoms with Crippen molar-refractivity contribution in [3.63, 3.8) is 0 Å². The minimum absolute atomic E-state index is 0.206. The largest absolute Gasteiger partial charge is 0.0622 e. The molecule has 0 radical (unpaired) electrons. The first-order valence-corrected chi connectivity index (χ1v) is 7.23. The van der Waals surface area contributed by atoms with E-state index >= 15 is 0 Å². The van der Waals surface area contributed by atoms with E-state index in [1.165, 1.54) is 27.8 Å². The highest BCUT2D eigenvalue weighted by Crippen LogP contribution is 2.27. The fraction of sp³-hybridized carbons (Fsp3) is 0.300. The highest BCUT2D eigenvalue weighted by Gasteiger charge is 2.15. The average Bonchev–Trinajstić information content (AvgIpc) is 2.37. The lowest BCUT2D eigenvalue weighted by Crippen LogP contribution is -2.12. The third-order valence-corrected chi connectivity index (χ3v) is 3.70. The van der Waals surface area contributed by atoms with Crippen LogP contribution in [-0.4, -0.2) is 0 Å². The van der Waals surface area contributed by atoms with Crippen molar-refractivity contribution in [3.05, 3.63) is 70.3 Å². The van der Waals surface area contributed by atoms with E-state index in [-0.39, 0.29) is 5.41 Å². The molecular weight excluding hydrogens is 240 g/mol. The van der Waals surface area contributed by atoms with Crippen LogP contribution < -0.4 is 0 Å². The van der Waals surface area contributed by atoms with Gasteiger partial charge in [-0.25, -0.2) is 0 Å². The molecule has 2 rings (SSSR count). The van der Waals surface area contributed by atoms with Gasteiger partial charge in [0.2, 0.25) is 0 Å². The summed E-state index contributed by atoms with van der Waals surface area (Å²) in [6.07, 6.45) is 4.42. The van der Waals surface area contributed by atoms with E-state index in [4.69, 9.17) is 0 Å². The molecule has 0 aliphatic carbocycles.